The number of carboxylic acid groups (broad SMARTS) is 1. The van der Waals surface area contributed by atoms with E-state index in [1.807, 2.05) is 0 Å². The van der Waals surface area contributed by atoms with Crippen molar-refractivity contribution in [1.82, 2.24) is 5.32 Å². The highest BCUT2D eigenvalue weighted by molar-refractivity contribution is 5.96. The molecule has 0 aliphatic heterocycles. The molecule has 128 valence electrons. The first-order chi connectivity index (χ1) is 10.8. The fraction of sp³-hybridized carbons (Fsp3) is 0.500. The van der Waals surface area contributed by atoms with Gasteiger partial charge in [-0.05, 0) is 18.9 Å². The number of rotatable bonds is 8. The quantitative estimate of drug-likeness (QED) is 0.766. The van der Waals surface area contributed by atoms with Gasteiger partial charge in [-0.15, -0.1) is 0 Å². The molecule has 23 heavy (non-hydrogen) atoms. The molecular formula is C16H22FNO5. The number of carbonyl (C=O) groups is 2. The van der Waals surface area contributed by atoms with E-state index in [0.29, 0.717) is 12.8 Å². The molecule has 1 aromatic rings. The zero-order valence-electron chi connectivity index (χ0n) is 13.7. The van der Waals surface area contributed by atoms with Crippen LogP contribution >= 0.6 is 0 Å². The average molecular weight is 327 g/mol. The molecule has 1 aromatic carbocycles. The Balaban J connectivity index is 3.15. The van der Waals surface area contributed by atoms with Gasteiger partial charge in [-0.25, -0.2) is 4.39 Å². The molecule has 0 saturated carbocycles. The molecule has 0 unspecified atom stereocenters. The molecule has 0 radical (unpaired) electrons. The van der Waals surface area contributed by atoms with Crippen molar-refractivity contribution in [3.63, 3.8) is 0 Å². The largest absolute Gasteiger partial charge is 0.493 e. The minimum atomic E-state index is -1.03. The number of hydrogen-bond acceptors (Lipinski definition) is 4. The van der Waals surface area contributed by atoms with E-state index in [1.54, 1.807) is 13.8 Å². The zero-order chi connectivity index (χ0) is 17.6. The minimum absolute atomic E-state index is 0.171. The van der Waals surface area contributed by atoms with Gasteiger partial charge in [0.2, 0.25) is 0 Å². The summed E-state index contributed by atoms with van der Waals surface area (Å²) in [5.41, 5.74) is -1.15. The van der Waals surface area contributed by atoms with Crippen LogP contribution in [0.3, 0.4) is 0 Å². The highest BCUT2D eigenvalue weighted by Crippen LogP contribution is 2.30. The van der Waals surface area contributed by atoms with Gasteiger partial charge < -0.3 is 19.9 Å². The Kier molecular flexibility index (Phi) is 6.36. The average Bonchev–Trinajstić information content (AvgIpc) is 2.53. The van der Waals surface area contributed by atoms with Crippen molar-refractivity contribution in [3.05, 3.63) is 23.5 Å². The van der Waals surface area contributed by atoms with Crippen molar-refractivity contribution >= 4 is 11.9 Å². The summed E-state index contributed by atoms with van der Waals surface area (Å²) >= 11 is 0. The number of nitrogens with one attached hydrogen (secondary N) is 1. The molecule has 0 aliphatic rings. The van der Waals surface area contributed by atoms with Crippen molar-refractivity contribution in [3.8, 4) is 11.5 Å². The van der Waals surface area contributed by atoms with E-state index in [-0.39, 0.29) is 23.5 Å². The van der Waals surface area contributed by atoms with Gasteiger partial charge in [0.25, 0.3) is 5.91 Å². The number of carboxylic acids is 1. The van der Waals surface area contributed by atoms with E-state index < -0.39 is 23.2 Å². The van der Waals surface area contributed by atoms with Gasteiger partial charge in [0.05, 0.1) is 31.7 Å². The number of hydrogen-bond donors (Lipinski definition) is 2. The number of benzene rings is 1. The maximum absolute atomic E-state index is 14.1. The van der Waals surface area contributed by atoms with E-state index in [2.05, 4.69) is 5.32 Å². The highest BCUT2D eigenvalue weighted by Gasteiger charge is 2.32. The lowest BCUT2D eigenvalue weighted by Crippen LogP contribution is -2.49. The Hall–Kier alpha value is -2.31. The third-order valence-corrected chi connectivity index (χ3v) is 3.94. The third kappa shape index (κ3) is 4.34. The summed E-state index contributed by atoms with van der Waals surface area (Å²) in [6, 6.07) is 2.30. The maximum Gasteiger partial charge on any atom is 0.305 e. The van der Waals surface area contributed by atoms with Crippen molar-refractivity contribution in [2.45, 2.75) is 38.6 Å². The molecule has 0 bridgehead atoms. The molecule has 2 N–H and O–H groups in total. The summed E-state index contributed by atoms with van der Waals surface area (Å²) in [7, 11) is 2.74. The smallest absolute Gasteiger partial charge is 0.305 e. The van der Waals surface area contributed by atoms with E-state index in [1.165, 1.54) is 20.3 Å². The Morgan fingerprint density at radius 3 is 2.13 bits per heavy atom. The Bertz CT molecular complexity index is 584. The number of aliphatic carboxylic acids is 1. The highest BCUT2D eigenvalue weighted by atomic mass is 19.1. The second-order valence-corrected chi connectivity index (χ2v) is 5.20. The summed E-state index contributed by atoms with van der Waals surface area (Å²) in [4.78, 5) is 23.4. The lowest BCUT2D eigenvalue weighted by molar-refractivity contribution is -0.138. The van der Waals surface area contributed by atoms with Crippen LogP contribution < -0.4 is 14.8 Å². The predicted octanol–water partition coefficient (Wildman–Crippen LogP) is 2.61. The van der Waals surface area contributed by atoms with Crippen LogP contribution in [-0.4, -0.2) is 36.7 Å². The van der Waals surface area contributed by atoms with E-state index in [4.69, 9.17) is 14.6 Å². The Morgan fingerprint density at radius 1 is 1.17 bits per heavy atom. The predicted molar refractivity (Wildman–Crippen MR) is 82.5 cm³/mol. The van der Waals surface area contributed by atoms with Crippen molar-refractivity contribution in [1.29, 1.82) is 0 Å². The Morgan fingerprint density at radius 2 is 1.70 bits per heavy atom. The van der Waals surface area contributed by atoms with Crippen molar-refractivity contribution in [2.24, 2.45) is 0 Å². The van der Waals surface area contributed by atoms with Gasteiger partial charge >= 0.3 is 5.97 Å². The van der Waals surface area contributed by atoms with Gasteiger partial charge in [0.15, 0.2) is 11.5 Å². The molecule has 0 atom stereocenters. The molecule has 0 saturated heterocycles. The van der Waals surface area contributed by atoms with Gasteiger partial charge in [0, 0.05) is 6.07 Å². The maximum atomic E-state index is 14.1. The number of halogens is 1. The van der Waals surface area contributed by atoms with Crippen LogP contribution in [0.15, 0.2) is 12.1 Å². The molecule has 7 heteroatoms. The fourth-order valence-corrected chi connectivity index (χ4v) is 2.35. The SMILES string of the molecule is CCC(CC)(CC(=O)O)NC(=O)c1cc(OC)c(OC)cc1F. The first kappa shape index (κ1) is 18.7. The second-order valence-electron chi connectivity index (χ2n) is 5.20. The first-order valence-corrected chi connectivity index (χ1v) is 7.28. The minimum Gasteiger partial charge on any atom is -0.493 e. The molecule has 6 nitrogen and oxygen atoms in total. The normalized spacial score (nSPS) is 11.0. The summed E-state index contributed by atoms with van der Waals surface area (Å²) < 4.78 is 24.2. The van der Waals surface area contributed by atoms with E-state index in [0.717, 1.165) is 6.07 Å². The van der Waals surface area contributed by atoms with Gasteiger partial charge in [-0.3, -0.25) is 9.59 Å². The number of amides is 1. The number of carbonyl (C=O) groups excluding carboxylic acids is 1. The van der Waals surface area contributed by atoms with Crippen LogP contribution in [-0.2, 0) is 4.79 Å². The molecule has 0 aromatic heterocycles. The van der Waals surface area contributed by atoms with Crippen molar-refractivity contribution < 1.29 is 28.6 Å². The van der Waals surface area contributed by atoms with Gasteiger partial charge in [-0.2, -0.15) is 0 Å². The monoisotopic (exact) mass is 327 g/mol. The van der Waals surface area contributed by atoms with Crippen LogP contribution in [0.2, 0.25) is 0 Å². The van der Waals surface area contributed by atoms with E-state index >= 15 is 0 Å². The lowest BCUT2D eigenvalue weighted by Gasteiger charge is -2.31. The summed E-state index contributed by atoms with van der Waals surface area (Å²) in [5, 5.41) is 11.7. The van der Waals surface area contributed by atoms with Crippen LogP contribution in [0, 0.1) is 5.82 Å². The van der Waals surface area contributed by atoms with Crippen LogP contribution in [0.1, 0.15) is 43.5 Å². The third-order valence-electron chi connectivity index (χ3n) is 3.94. The number of ether oxygens (including phenoxy) is 2. The number of methoxy groups -OCH3 is 2. The molecule has 0 spiro atoms. The summed E-state index contributed by atoms with van der Waals surface area (Å²) in [6.45, 7) is 3.55. The second kappa shape index (κ2) is 7.80. The van der Waals surface area contributed by atoms with Gasteiger partial charge in [-0.1, -0.05) is 13.8 Å². The molecule has 1 rings (SSSR count). The van der Waals surface area contributed by atoms with E-state index in [9.17, 15) is 14.0 Å². The first-order valence-electron chi connectivity index (χ1n) is 7.28. The fourth-order valence-electron chi connectivity index (χ4n) is 2.35. The molecule has 1 amide bonds. The van der Waals surface area contributed by atoms with Crippen LogP contribution in [0.4, 0.5) is 4.39 Å². The molecule has 0 aliphatic carbocycles. The van der Waals surface area contributed by atoms with Crippen molar-refractivity contribution in [2.75, 3.05) is 14.2 Å². The summed E-state index contributed by atoms with van der Waals surface area (Å²) in [5.74, 6) is -2.09. The van der Waals surface area contributed by atoms with Crippen LogP contribution in [0.25, 0.3) is 0 Å². The zero-order valence-corrected chi connectivity index (χ0v) is 13.7. The van der Waals surface area contributed by atoms with Crippen LogP contribution in [0.5, 0.6) is 11.5 Å². The Labute approximate surface area is 134 Å². The lowest BCUT2D eigenvalue weighted by atomic mass is 9.88. The van der Waals surface area contributed by atoms with Gasteiger partial charge in [0.1, 0.15) is 5.82 Å². The topological polar surface area (TPSA) is 84.9 Å². The molecular weight excluding hydrogens is 305 g/mol. The molecule has 0 heterocycles. The standard InChI is InChI=1S/C16H22FNO5/c1-5-16(6-2,9-14(19)20)18-15(21)10-7-12(22-3)13(23-4)8-11(10)17/h7-8H,5-6,9H2,1-4H3,(H,18,21)(H,19,20). The summed E-state index contributed by atoms with van der Waals surface area (Å²) in [6.07, 6.45) is 0.591. The molecule has 0 fully saturated rings.